The van der Waals surface area contributed by atoms with E-state index in [2.05, 4.69) is 10.5 Å². The standard InChI is InChI=1S/C25H27N3O4S/c1-18-8-12-24(13-9-18)33(30,31)28(22-11-10-19(2)20(3)14-22)17-25(29)27-26-16-21-6-5-7-23(15-21)32-4/h5-16H,17H2,1-4H3,(H,27,29)/b26-16+. The minimum Gasteiger partial charge on any atom is -0.497 e. The molecule has 0 bridgehead atoms. The Morgan fingerprint density at radius 1 is 1.00 bits per heavy atom. The van der Waals surface area contributed by atoms with Gasteiger partial charge in [-0.05, 0) is 73.9 Å². The SMILES string of the molecule is COc1cccc(/C=N/NC(=O)CN(c2ccc(C)c(C)c2)S(=O)(=O)c2ccc(C)cc2)c1. The van der Waals surface area contributed by atoms with Crippen molar-refractivity contribution in [2.75, 3.05) is 18.0 Å². The Hall–Kier alpha value is -3.65. The van der Waals surface area contributed by atoms with Crippen LogP contribution in [0.2, 0.25) is 0 Å². The predicted octanol–water partition coefficient (Wildman–Crippen LogP) is 3.97. The maximum Gasteiger partial charge on any atom is 0.264 e. The summed E-state index contributed by atoms with van der Waals surface area (Å²) in [4.78, 5) is 12.8. The van der Waals surface area contributed by atoms with Gasteiger partial charge in [0.05, 0.1) is 23.9 Å². The average Bonchev–Trinajstić information content (AvgIpc) is 2.80. The van der Waals surface area contributed by atoms with Crippen LogP contribution in [0.15, 0.2) is 76.7 Å². The minimum absolute atomic E-state index is 0.110. The fourth-order valence-corrected chi connectivity index (χ4v) is 4.51. The van der Waals surface area contributed by atoms with Crippen LogP contribution >= 0.6 is 0 Å². The smallest absolute Gasteiger partial charge is 0.264 e. The van der Waals surface area contributed by atoms with E-state index in [9.17, 15) is 13.2 Å². The van der Waals surface area contributed by atoms with Crippen molar-refractivity contribution in [3.63, 3.8) is 0 Å². The number of carbonyl (C=O) groups excluding carboxylic acids is 1. The molecule has 0 atom stereocenters. The Labute approximate surface area is 194 Å². The maximum absolute atomic E-state index is 13.4. The number of hydrogen-bond donors (Lipinski definition) is 1. The summed E-state index contributed by atoms with van der Waals surface area (Å²) in [6.07, 6.45) is 1.47. The quantitative estimate of drug-likeness (QED) is 0.403. The molecule has 0 saturated heterocycles. The number of hydrazone groups is 1. The van der Waals surface area contributed by atoms with Crippen molar-refractivity contribution in [3.8, 4) is 5.75 Å². The van der Waals surface area contributed by atoms with Gasteiger partial charge in [0, 0.05) is 0 Å². The summed E-state index contributed by atoms with van der Waals surface area (Å²) in [5, 5.41) is 3.96. The lowest BCUT2D eigenvalue weighted by Gasteiger charge is -2.24. The van der Waals surface area contributed by atoms with Gasteiger partial charge >= 0.3 is 0 Å². The molecule has 1 amide bonds. The first-order valence-electron chi connectivity index (χ1n) is 10.3. The Morgan fingerprint density at radius 3 is 2.39 bits per heavy atom. The molecule has 0 radical (unpaired) electrons. The number of aryl methyl sites for hydroxylation is 3. The highest BCUT2D eigenvalue weighted by Crippen LogP contribution is 2.26. The van der Waals surface area contributed by atoms with E-state index in [4.69, 9.17) is 4.74 Å². The number of amides is 1. The van der Waals surface area contributed by atoms with Gasteiger partial charge < -0.3 is 4.74 Å². The molecule has 8 heteroatoms. The van der Waals surface area contributed by atoms with Gasteiger partial charge in [-0.25, -0.2) is 13.8 Å². The molecule has 0 saturated carbocycles. The van der Waals surface area contributed by atoms with Crippen molar-refractivity contribution >= 4 is 27.8 Å². The molecular formula is C25H27N3O4S. The molecular weight excluding hydrogens is 438 g/mol. The molecule has 0 aliphatic heterocycles. The molecule has 3 aromatic rings. The number of nitrogens with zero attached hydrogens (tertiary/aromatic N) is 2. The molecule has 0 heterocycles. The van der Waals surface area contributed by atoms with Gasteiger partial charge in [0.25, 0.3) is 15.9 Å². The predicted molar refractivity (Wildman–Crippen MR) is 130 cm³/mol. The van der Waals surface area contributed by atoms with Crippen molar-refractivity contribution in [1.29, 1.82) is 0 Å². The number of rotatable bonds is 8. The fraction of sp³-hybridized carbons (Fsp3) is 0.200. The van der Waals surface area contributed by atoms with E-state index in [0.717, 1.165) is 26.6 Å². The van der Waals surface area contributed by atoms with Crippen LogP contribution in [-0.4, -0.2) is 34.2 Å². The molecule has 7 nitrogen and oxygen atoms in total. The van der Waals surface area contributed by atoms with Crippen molar-refractivity contribution < 1.29 is 17.9 Å². The van der Waals surface area contributed by atoms with E-state index in [0.29, 0.717) is 11.4 Å². The van der Waals surface area contributed by atoms with Crippen LogP contribution in [-0.2, 0) is 14.8 Å². The largest absolute Gasteiger partial charge is 0.497 e. The van der Waals surface area contributed by atoms with E-state index >= 15 is 0 Å². The first-order valence-corrected chi connectivity index (χ1v) is 11.8. The van der Waals surface area contributed by atoms with Gasteiger partial charge in [0.15, 0.2) is 0 Å². The molecule has 0 unspecified atom stereocenters. The summed E-state index contributed by atoms with van der Waals surface area (Å²) in [5.41, 5.74) is 6.44. The third-order valence-corrected chi connectivity index (χ3v) is 6.96. The molecule has 33 heavy (non-hydrogen) atoms. The van der Waals surface area contributed by atoms with Crippen molar-refractivity contribution in [3.05, 3.63) is 89.0 Å². The van der Waals surface area contributed by atoms with Gasteiger partial charge in [0.1, 0.15) is 12.3 Å². The molecule has 3 aromatic carbocycles. The van der Waals surface area contributed by atoms with Crippen LogP contribution in [0.3, 0.4) is 0 Å². The van der Waals surface area contributed by atoms with E-state index < -0.39 is 22.5 Å². The number of nitrogens with one attached hydrogen (secondary N) is 1. The number of methoxy groups -OCH3 is 1. The van der Waals surface area contributed by atoms with Gasteiger partial charge in [-0.2, -0.15) is 5.10 Å². The summed E-state index contributed by atoms with van der Waals surface area (Å²) in [5.74, 6) is 0.0958. The second-order valence-corrected chi connectivity index (χ2v) is 9.53. The third kappa shape index (κ3) is 5.98. The minimum atomic E-state index is -3.98. The first kappa shape index (κ1) is 24.0. The van der Waals surface area contributed by atoms with E-state index in [-0.39, 0.29) is 4.90 Å². The molecule has 0 aromatic heterocycles. The van der Waals surface area contributed by atoms with Crippen molar-refractivity contribution in [2.45, 2.75) is 25.7 Å². The lowest BCUT2D eigenvalue weighted by atomic mass is 10.1. The van der Waals surface area contributed by atoms with Crippen molar-refractivity contribution in [1.82, 2.24) is 5.43 Å². The summed E-state index contributed by atoms with van der Waals surface area (Å²) >= 11 is 0. The van der Waals surface area contributed by atoms with E-state index in [1.54, 1.807) is 55.6 Å². The number of hydrogen-bond acceptors (Lipinski definition) is 5. The molecule has 0 spiro atoms. The number of carbonyl (C=O) groups is 1. The molecule has 0 aliphatic carbocycles. The topological polar surface area (TPSA) is 88.1 Å². The van der Waals surface area contributed by atoms with Crippen LogP contribution in [0.1, 0.15) is 22.3 Å². The van der Waals surface area contributed by atoms with Gasteiger partial charge in [-0.1, -0.05) is 35.9 Å². The number of anilines is 1. The average molecular weight is 466 g/mol. The highest BCUT2D eigenvalue weighted by atomic mass is 32.2. The zero-order valence-corrected chi connectivity index (χ0v) is 19.9. The summed E-state index contributed by atoms with van der Waals surface area (Å²) in [6.45, 7) is 5.30. The summed E-state index contributed by atoms with van der Waals surface area (Å²) < 4.78 is 33.1. The fourth-order valence-electron chi connectivity index (χ4n) is 3.10. The highest BCUT2D eigenvalue weighted by Gasteiger charge is 2.27. The summed E-state index contributed by atoms with van der Waals surface area (Å²) in [7, 11) is -2.41. The molecule has 3 rings (SSSR count). The molecule has 0 aliphatic rings. The first-order chi connectivity index (χ1) is 15.7. The second kappa shape index (κ2) is 10.3. The van der Waals surface area contributed by atoms with Crippen LogP contribution < -0.4 is 14.5 Å². The van der Waals surface area contributed by atoms with Gasteiger partial charge in [-0.3, -0.25) is 9.10 Å². The zero-order chi connectivity index (χ0) is 24.0. The Balaban J connectivity index is 1.86. The maximum atomic E-state index is 13.4. The van der Waals surface area contributed by atoms with Crippen LogP contribution in [0.5, 0.6) is 5.75 Å². The normalized spacial score (nSPS) is 11.4. The van der Waals surface area contributed by atoms with Crippen LogP contribution in [0.25, 0.3) is 0 Å². The van der Waals surface area contributed by atoms with Gasteiger partial charge in [0.2, 0.25) is 0 Å². The Morgan fingerprint density at radius 2 is 1.73 bits per heavy atom. The summed E-state index contributed by atoms with van der Waals surface area (Å²) in [6, 6.07) is 19.0. The van der Waals surface area contributed by atoms with E-state index in [1.807, 2.05) is 26.8 Å². The number of ether oxygens (including phenoxy) is 1. The second-order valence-electron chi connectivity index (χ2n) is 7.66. The van der Waals surface area contributed by atoms with Gasteiger partial charge in [-0.15, -0.1) is 0 Å². The molecule has 172 valence electrons. The lowest BCUT2D eigenvalue weighted by Crippen LogP contribution is -2.39. The van der Waals surface area contributed by atoms with Crippen LogP contribution in [0, 0.1) is 20.8 Å². The van der Waals surface area contributed by atoms with E-state index in [1.165, 1.54) is 18.3 Å². The van der Waals surface area contributed by atoms with Crippen molar-refractivity contribution in [2.24, 2.45) is 5.10 Å². The Bertz CT molecular complexity index is 1270. The lowest BCUT2D eigenvalue weighted by molar-refractivity contribution is -0.119. The highest BCUT2D eigenvalue weighted by molar-refractivity contribution is 7.92. The zero-order valence-electron chi connectivity index (χ0n) is 19.1. The monoisotopic (exact) mass is 465 g/mol. The molecule has 1 N–H and O–H groups in total. The Kier molecular flexibility index (Phi) is 7.50. The third-order valence-electron chi connectivity index (χ3n) is 5.17. The van der Waals surface area contributed by atoms with Crippen LogP contribution in [0.4, 0.5) is 5.69 Å². The molecule has 0 fully saturated rings. The number of sulfonamides is 1. The number of benzene rings is 3.